The molecule has 0 amide bonds. The monoisotopic (exact) mass is 279 g/mol. The second-order valence-electron chi connectivity index (χ2n) is 6.49. The second kappa shape index (κ2) is 7.35. The molecule has 108 valence electrons. The van der Waals surface area contributed by atoms with Gasteiger partial charge < -0.3 is 5.32 Å². The normalized spacial score (nSPS) is 13.6. The molecule has 0 aliphatic carbocycles. The third kappa shape index (κ3) is 6.01. The number of hydrogen-bond acceptors (Lipinski definition) is 2. The molecule has 1 rings (SSSR count). The van der Waals surface area contributed by atoms with Crippen molar-refractivity contribution in [3.63, 3.8) is 0 Å². The summed E-state index contributed by atoms with van der Waals surface area (Å²) in [5.41, 5.74) is 4.52. The van der Waals surface area contributed by atoms with Gasteiger partial charge in [0.05, 0.1) is 0 Å². The molecule has 1 aromatic rings. The number of rotatable bonds is 6. The summed E-state index contributed by atoms with van der Waals surface area (Å²) < 4.78 is 0. The molecule has 0 saturated heterocycles. The summed E-state index contributed by atoms with van der Waals surface area (Å²) in [5.74, 6) is 2.28. The first-order valence-electron chi connectivity index (χ1n) is 7.21. The van der Waals surface area contributed by atoms with Gasteiger partial charge in [-0.15, -0.1) is 0 Å². The highest BCUT2D eigenvalue weighted by molar-refractivity contribution is 7.98. The average Bonchev–Trinajstić information content (AvgIpc) is 2.25. The van der Waals surface area contributed by atoms with Crippen molar-refractivity contribution >= 4 is 11.8 Å². The highest BCUT2D eigenvalue weighted by Crippen LogP contribution is 2.24. The fraction of sp³-hybridized carbons (Fsp3) is 0.647. The van der Waals surface area contributed by atoms with E-state index in [2.05, 4.69) is 65.1 Å². The summed E-state index contributed by atoms with van der Waals surface area (Å²) in [5, 5.41) is 3.61. The van der Waals surface area contributed by atoms with Crippen molar-refractivity contribution in [1.29, 1.82) is 0 Å². The van der Waals surface area contributed by atoms with E-state index in [0.29, 0.717) is 11.5 Å². The van der Waals surface area contributed by atoms with E-state index >= 15 is 0 Å². The van der Waals surface area contributed by atoms with Gasteiger partial charge in [0.1, 0.15) is 0 Å². The maximum atomic E-state index is 3.61. The van der Waals surface area contributed by atoms with Crippen LogP contribution in [-0.2, 0) is 5.75 Å². The Hall–Kier alpha value is -0.470. The smallest absolute Gasteiger partial charge is 0.0206 e. The topological polar surface area (TPSA) is 12.0 Å². The van der Waals surface area contributed by atoms with E-state index < -0.39 is 0 Å². The first-order valence-corrected chi connectivity index (χ1v) is 8.36. The SMILES string of the molecule is CCNC(CSCc1cc(C)cc(C)c1)C(C)(C)C. The van der Waals surface area contributed by atoms with Crippen LogP contribution in [-0.4, -0.2) is 18.3 Å². The van der Waals surface area contributed by atoms with Crippen LogP contribution < -0.4 is 5.32 Å². The largest absolute Gasteiger partial charge is 0.313 e. The molecule has 0 heterocycles. The molecule has 1 aromatic carbocycles. The molecule has 0 aromatic heterocycles. The molecule has 19 heavy (non-hydrogen) atoms. The van der Waals surface area contributed by atoms with Gasteiger partial charge in [0.2, 0.25) is 0 Å². The lowest BCUT2D eigenvalue weighted by atomic mass is 9.88. The van der Waals surface area contributed by atoms with Gasteiger partial charge in [-0.05, 0) is 31.4 Å². The van der Waals surface area contributed by atoms with Crippen LogP contribution in [0.2, 0.25) is 0 Å². The molecule has 1 unspecified atom stereocenters. The zero-order valence-electron chi connectivity index (χ0n) is 13.3. The van der Waals surface area contributed by atoms with E-state index in [-0.39, 0.29) is 0 Å². The minimum Gasteiger partial charge on any atom is -0.313 e. The summed E-state index contributed by atoms with van der Waals surface area (Å²) >= 11 is 2.04. The molecule has 2 heteroatoms. The van der Waals surface area contributed by atoms with Crippen molar-refractivity contribution in [2.45, 2.75) is 53.3 Å². The van der Waals surface area contributed by atoms with Crippen LogP contribution in [0.1, 0.15) is 44.4 Å². The van der Waals surface area contributed by atoms with Gasteiger partial charge >= 0.3 is 0 Å². The first kappa shape index (κ1) is 16.6. The lowest BCUT2D eigenvalue weighted by Gasteiger charge is -2.31. The second-order valence-corrected chi connectivity index (χ2v) is 7.52. The van der Waals surface area contributed by atoms with E-state index in [9.17, 15) is 0 Å². The number of benzene rings is 1. The third-order valence-corrected chi connectivity index (χ3v) is 4.44. The Morgan fingerprint density at radius 1 is 1.11 bits per heavy atom. The molecule has 1 atom stereocenters. The number of hydrogen-bond donors (Lipinski definition) is 1. The molecule has 1 N–H and O–H groups in total. The maximum absolute atomic E-state index is 3.61. The number of aryl methyl sites for hydroxylation is 2. The molecule has 0 aliphatic heterocycles. The summed E-state index contributed by atoms with van der Waals surface area (Å²) in [4.78, 5) is 0. The Morgan fingerprint density at radius 2 is 1.68 bits per heavy atom. The summed E-state index contributed by atoms with van der Waals surface area (Å²) in [6.07, 6.45) is 0. The maximum Gasteiger partial charge on any atom is 0.0206 e. The number of nitrogens with one attached hydrogen (secondary N) is 1. The Labute approximate surface area is 123 Å². The summed E-state index contributed by atoms with van der Waals surface area (Å²) in [6, 6.07) is 7.43. The van der Waals surface area contributed by atoms with Crippen molar-refractivity contribution in [2.75, 3.05) is 12.3 Å². The van der Waals surface area contributed by atoms with Gasteiger partial charge in [0.15, 0.2) is 0 Å². The van der Waals surface area contributed by atoms with Crippen molar-refractivity contribution in [1.82, 2.24) is 5.32 Å². The standard InChI is InChI=1S/C17H29NS/c1-7-18-16(17(4,5)6)12-19-11-15-9-13(2)8-14(3)10-15/h8-10,16,18H,7,11-12H2,1-6H3. The quantitative estimate of drug-likeness (QED) is 0.819. The average molecular weight is 279 g/mol. The van der Waals surface area contributed by atoms with E-state index in [4.69, 9.17) is 0 Å². The van der Waals surface area contributed by atoms with E-state index in [0.717, 1.165) is 12.3 Å². The van der Waals surface area contributed by atoms with Crippen LogP contribution in [0.15, 0.2) is 18.2 Å². The Bertz CT molecular complexity index is 372. The van der Waals surface area contributed by atoms with Crippen LogP contribution in [0, 0.1) is 19.3 Å². The third-order valence-electron chi connectivity index (χ3n) is 3.33. The van der Waals surface area contributed by atoms with Gasteiger partial charge in [-0.3, -0.25) is 0 Å². The Balaban J connectivity index is 2.52. The van der Waals surface area contributed by atoms with Crippen molar-refractivity contribution < 1.29 is 0 Å². The zero-order chi connectivity index (χ0) is 14.5. The predicted octanol–water partition coefficient (Wildman–Crippen LogP) is 4.56. The fourth-order valence-electron chi connectivity index (χ4n) is 2.31. The molecule has 1 nitrogen and oxygen atoms in total. The molecule has 0 spiro atoms. The van der Waals surface area contributed by atoms with Gasteiger partial charge in [-0.1, -0.05) is 57.0 Å². The van der Waals surface area contributed by atoms with Gasteiger partial charge in [0.25, 0.3) is 0 Å². The Kier molecular flexibility index (Phi) is 6.41. The fourth-order valence-corrected chi connectivity index (χ4v) is 3.68. The first-order chi connectivity index (χ1) is 8.82. The van der Waals surface area contributed by atoms with Gasteiger partial charge in [0, 0.05) is 17.5 Å². The molecule has 0 bridgehead atoms. The van der Waals surface area contributed by atoms with Crippen molar-refractivity contribution in [3.05, 3.63) is 34.9 Å². The van der Waals surface area contributed by atoms with Gasteiger partial charge in [-0.25, -0.2) is 0 Å². The Morgan fingerprint density at radius 3 is 2.16 bits per heavy atom. The molecule has 0 saturated carbocycles. The van der Waals surface area contributed by atoms with Crippen molar-refractivity contribution in [2.24, 2.45) is 5.41 Å². The van der Waals surface area contributed by atoms with Crippen LogP contribution in [0.3, 0.4) is 0 Å². The van der Waals surface area contributed by atoms with Gasteiger partial charge in [-0.2, -0.15) is 11.8 Å². The van der Waals surface area contributed by atoms with Crippen LogP contribution in [0.25, 0.3) is 0 Å². The van der Waals surface area contributed by atoms with E-state index in [1.807, 2.05) is 11.8 Å². The predicted molar refractivity (Wildman–Crippen MR) is 89.0 cm³/mol. The van der Waals surface area contributed by atoms with Crippen LogP contribution in [0.5, 0.6) is 0 Å². The summed E-state index contributed by atoms with van der Waals surface area (Å²) in [6.45, 7) is 14.5. The molecule has 0 aliphatic rings. The minimum absolute atomic E-state index is 0.325. The van der Waals surface area contributed by atoms with Crippen molar-refractivity contribution in [3.8, 4) is 0 Å². The minimum atomic E-state index is 0.325. The lowest BCUT2D eigenvalue weighted by Crippen LogP contribution is -2.42. The number of thioether (sulfide) groups is 1. The zero-order valence-corrected chi connectivity index (χ0v) is 14.2. The van der Waals surface area contributed by atoms with Crippen LogP contribution in [0.4, 0.5) is 0 Å². The van der Waals surface area contributed by atoms with Crippen LogP contribution >= 0.6 is 11.8 Å². The molecular weight excluding hydrogens is 250 g/mol. The molecule has 0 fully saturated rings. The van der Waals surface area contributed by atoms with E-state index in [1.165, 1.54) is 22.4 Å². The van der Waals surface area contributed by atoms with E-state index in [1.54, 1.807) is 0 Å². The highest BCUT2D eigenvalue weighted by Gasteiger charge is 2.23. The molecular formula is C17H29NS. The molecule has 0 radical (unpaired) electrons. The lowest BCUT2D eigenvalue weighted by molar-refractivity contribution is 0.295. The highest BCUT2D eigenvalue weighted by atomic mass is 32.2. The summed E-state index contributed by atoms with van der Waals surface area (Å²) in [7, 11) is 0.